The Morgan fingerprint density at radius 2 is 1.95 bits per heavy atom. The Labute approximate surface area is 122 Å². The second kappa shape index (κ2) is 7.44. The van der Waals surface area contributed by atoms with E-state index in [-0.39, 0.29) is 5.91 Å². The fraction of sp³-hybridized carbons (Fsp3) is 0.588. The van der Waals surface area contributed by atoms with Crippen molar-refractivity contribution >= 4 is 5.91 Å². The Bertz CT molecular complexity index is 423. The first-order valence-electron chi connectivity index (χ1n) is 7.77. The molecule has 3 heteroatoms. The molecule has 0 aromatic heterocycles. The lowest BCUT2D eigenvalue weighted by Crippen LogP contribution is -2.30. The summed E-state index contributed by atoms with van der Waals surface area (Å²) in [6.07, 6.45) is 4.16. The highest BCUT2D eigenvalue weighted by molar-refractivity contribution is 5.75. The molecule has 1 saturated carbocycles. The van der Waals surface area contributed by atoms with Gasteiger partial charge >= 0.3 is 0 Å². The molecule has 0 bridgehead atoms. The Morgan fingerprint density at radius 1 is 1.25 bits per heavy atom. The molecule has 2 rings (SSSR count). The Hall–Kier alpha value is -1.35. The number of hydrogen-bond acceptors (Lipinski definition) is 2. The van der Waals surface area contributed by atoms with E-state index in [0.29, 0.717) is 12.5 Å². The number of amides is 1. The third-order valence-electron chi connectivity index (χ3n) is 3.82. The van der Waals surface area contributed by atoms with Crippen LogP contribution in [0.1, 0.15) is 49.8 Å². The standard InChI is InChI=1S/C17H26N2O/c1-3-11-18-16(20)10-12-19-17(15-8-9-15)14-6-4-13(2)5-7-14/h4-7,15,17,19H,3,8-12H2,1-2H3,(H,18,20). The topological polar surface area (TPSA) is 41.1 Å². The fourth-order valence-corrected chi connectivity index (χ4v) is 2.45. The number of hydrogen-bond donors (Lipinski definition) is 2. The molecule has 3 nitrogen and oxygen atoms in total. The summed E-state index contributed by atoms with van der Waals surface area (Å²) in [4.78, 5) is 11.6. The molecule has 0 radical (unpaired) electrons. The maximum absolute atomic E-state index is 11.6. The summed E-state index contributed by atoms with van der Waals surface area (Å²) in [6, 6.07) is 9.17. The maximum atomic E-state index is 11.6. The number of aryl methyl sites for hydroxylation is 1. The molecule has 1 aliphatic rings. The number of benzene rings is 1. The van der Waals surface area contributed by atoms with Gasteiger partial charge in [0, 0.05) is 25.6 Å². The van der Waals surface area contributed by atoms with Gasteiger partial charge in [-0.1, -0.05) is 36.8 Å². The van der Waals surface area contributed by atoms with Crippen LogP contribution in [-0.2, 0) is 4.79 Å². The highest BCUT2D eigenvalue weighted by atomic mass is 16.1. The van der Waals surface area contributed by atoms with Crippen molar-refractivity contribution < 1.29 is 4.79 Å². The number of carbonyl (C=O) groups excluding carboxylic acids is 1. The van der Waals surface area contributed by atoms with E-state index in [1.54, 1.807) is 0 Å². The monoisotopic (exact) mass is 274 g/mol. The van der Waals surface area contributed by atoms with E-state index in [0.717, 1.165) is 25.4 Å². The average Bonchev–Trinajstić information content (AvgIpc) is 3.27. The van der Waals surface area contributed by atoms with Gasteiger partial charge in [-0.3, -0.25) is 4.79 Å². The highest BCUT2D eigenvalue weighted by Crippen LogP contribution is 2.40. The van der Waals surface area contributed by atoms with Gasteiger partial charge in [0.1, 0.15) is 0 Å². The van der Waals surface area contributed by atoms with Gasteiger partial charge in [0.2, 0.25) is 5.91 Å². The minimum absolute atomic E-state index is 0.151. The van der Waals surface area contributed by atoms with E-state index in [1.165, 1.54) is 24.0 Å². The molecular formula is C17H26N2O. The molecule has 20 heavy (non-hydrogen) atoms. The summed E-state index contributed by atoms with van der Waals surface area (Å²) in [6.45, 7) is 5.72. The SMILES string of the molecule is CCCNC(=O)CCNC(c1ccc(C)cc1)C1CC1. The Kier molecular flexibility index (Phi) is 5.60. The van der Waals surface area contributed by atoms with Crippen LogP contribution in [-0.4, -0.2) is 19.0 Å². The molecular weight excluding hydrogens is 248 g/mol. The third kappa shape index (κ3) is 4.64. The van der Waals surface area contributed by atoms with E-state index >= 15 is 0 Å². The van der Waals surface area contributed by atoms with E-state index in [1.807, 2.05) is 0 Å². The van der Waals surface area contributed by atoms with Crippen LogP contribution >= 0.6 is 0 Å². The molecule has 0 aliphatic heterocycles. The predicted octanol–water partition coefficient (Wildman–Crippen LogP) is 2.95. The molecule has 1 aromatic rings. The van der Waals surface area contributed by atoms with E-state index in [2.05, 4.69) is 48.7 Å². The van der Waals surface area contributed by atoms with Crippen LogP contribution in [0.4, 0.5) is 0 Å². The van der Waals surface area contributed by atoms with Crippen molar-refractivity contribution in [2.75, 3.05) is 13.1 Å². The van der Waals surface area contributed by atoms with Crippen molar-refractivity contribution in [2.24, 2.45) is 5.92 Å². The molecule has 1 amide bonds. The molecule has 1 atom stereocenters. The molecule has 1 aromatic carbocycles. The van der Waals surface area contributed by atoms with Crippen LogP contribution in [0.25, 0.3) is 0 Å². The summed E-state index contributed by atoms with van der Waals surface area (Å²) in [5.41, 5.74) is 2.65. The molecule has 0 spiro atoms. The quantitative estimate of drug-likeness (QED) is 0.765. The summed E-state index contributed by atoms with van der Waals surface area (Å²) < 4.78 is 0. The van der Waals surface area contributed by atoms with Gasteiger partial charge in [-0.25, -0.2) is 0 Å². The normalized spacial score (nSPS) is 15.9. The van der Waals surface area contributed by atoms with Crippen molar-refractivity contribution in [3.63, 3.8) is 0 Å². The van der Waals surface area contributed by atoms with E-state index in [4.69, 9.17) is 0 Å². The van der Waals surface area contributed by atoms with Crippen LogP contribution in [0.5, 0.6) is 0 Å². The number of rotatable bonds is 8. The molecule has 2 N–H and O–H groups in total. The summed E-state index contributed by atoms with van der Waals surface area (Å²) in [5, 5.41) is 6.48. The Balaban J connectivity index is 1.81. The average molecular weight is 274 g/mol. The summed E-state index contributed by atoms with van der Waals surface area (Å²) in [5.74, 6) is 0.897. The maximum Gasteiger partial charge on any atom is 0.221 e. The van der Waals surface area contributed by atoms with Crippen molar-refractivity contribution in [1.29, 1.82) is 0 Å². The van der Waals surface area contributed by atoms with Gasteiger partial charge in [-0.2, -0.15) is 0 Å². The zero-order valence-corrected chi connectivity index (χ0v) is 12.6. The largest absolute Gasteiger partial charge is 0.356 e. The lowest BCUT2D eigenvalue weighted by molar-refractivity contribution is -0.121. The summed E-state index contributed by atoms with van der Waals surface area (Å²) >= 11 is 0. The van der Waals surface area contributed by atoms with Crippen LogP contribution in [0.15, 0.2) is 24.3 Å². The van der Waals surface area contributed by atoms with E-state index in [9.17, 15) is 4.79 Å². The van der Waals surface area contributed by atoms with Crippen molar-refractivity contribution in [1.82, 2.24) is 10.6 Å². The molecule has 0 heterocycles. The number of nitrogens with one attached hydrogen (secondary N) is 2. The van der Waals surface area contributed by atoms with Crippen LogP contribution < -0.4 is 10.6 Å². The molecule has 1 aliphatic carbocycles. The van der Waals surface area contributed by atoms with Crippen molar-refractivity contribution in [2.45, 2.75) is 45.6 Å². The zero-order chi connectivity index (χ0) is 14.4. The molecule has 0 saturated heterocycles. The van der Waals surface area contributed by atoms with Crippen LogP contribution in [0.3, 0.4) is 0 Å². The van der Waals surface area contributed by atoms with Gasteiger partial charge in [-0.15, -0.1) is 0 Å². The van der Waals surface area contributed by atoms with Gasteiger partial charge < -0.3 is 10.6 Å². The molecule has 110 valence electrons. The second-order valence-electron chi connectivity index (χ2n) is 5.78. The minimum Gasteiger partial charge on any atom is -0.356 e. The molecule has 1 fully saturated rings. The van der Waals surface area contributed by atoms with Crippen LogP contribution in [0.2, 0.25) is 0 Å². The third-order valence-corrected chi connectivity index (χ3v) is 3.82. The van der Waals surface area contributed by atoms with Gasteiger partial charge in [0.15, 0.2) is 0 Å². The van der Waals surface area contributed by atoms with Gasteiger partial charge in [0.25, 0.3) is 0 Å². The smallest absolute Gasteiger partial charge is 0.221 e. The Morgan fingerprint density at radius 3 is 2.55 bits per heavy atom. The minimum atomic E-state index is 0.151. The number of carbonyl (C=O) groups is 1. The van der Waals surface area contributed by atoms with Gasteiger partial charge in [0.05, 0.1) is 0 Å². The lowest BCUT2D eigenvalue weighted by Gasteiger charge is -2.19. The van der Waals surface area contributed by atoms with Crippen molar-refractivity contribution in [3.05, 3.63) is 35.4 Å². The van der Waals surface area contributed by atoms with Crippen molar-refractivity contribution in [3.8, 4) is 0 Å². The van der Waals surface area contributed by atoms with Gasteiger partial charge in [-0.05, 0) is 37.7 Å². The highest BCUT2D eigenvalue weighted by Gasteiger charge is 2.31. The molecule has 1 unspecified atom stereocenters. The predicted molar refractivity (Wildman–Crippen MR) is 82.6 cm³/mol. The second-order valence-corrected chi connectivity index (χ2v) is 5.78. The van der Waals surface area contributed by atoms with E-state index < -0.39 is 0 Å². The zero-order valence-electron chi connectivity index (χ0n) is 12.6. The first-order valence-corrected chi connectivity index (χ1v) is 7.77. The summed E-state index contributed by atoms with van der Waals surface area (Å²) in [7, 11) is 0. The first-order chi connectivity index (χ1) is 9.70. The van der Waals surface area contributed by atoms with Crippen LogP contribution in [0, 0.1) is 12.8 Å². The lowest BCUT2D eigenvalue weighted by atomic mass is 10.0. The first kappa shape index (κ1) is 15.0. The fourth-order valence-electron chi connectivity index (χ4n) is 2.45.